The molecule has 0 amide bonds. The fourth-order valence-electron chi connectivity index (χ4n) is 3.32. The zero-order valence-corrected chi connectivity index (χ0v) is 16.7. The van der Waals surface area contributed by atoms with Crippen molar-refractivity contribution in [3.8, 4) is 11.3 Å². The Bertz CT molecular complexity index is 753. The highest BCUT2D eigenvalue weighted by Crippen LogP contribution is 2.51. The first-order chi connectivity index (χ1) is 11.7. The van der Waals surface area contributed by atoms with Crippen LogP contribution in [0.4, 0.5) is 4.39 Å². The van der Waals surface area contributed by atoms with Crippen molar-refractivity contribution in [3.63, 3.8) is 0 Å². The van der Waals surface area contributed by atoms with Crippen LogP contribution in [0.5, 0.6) is 0 Å². The van der Waals surface area contributed by atoms with E-state index in [1.165, 1.54) is 17.7 Å². The fourth-order valence-corrected chi connectivity index (χ4v) is 4.87. The quantitative estimate of drug-likeness (QED) is 0.458. The molecule has 0 radical (unpaired) electrons. The summed E-state index contributed by atoms with van der Waals surface area (Å²) in [6.45, 7) is 10.0. The number of hydrogen-bond acceptors (Lipinski definition) is 3. The third-order valence-corrected chi connectivity index (χ3v) is 6.14. The zero-order valence-electron chi connectivity index (χ0n) is 15.1. The molecular weight excluding hydrogens is 355 g/mol. The molecule has 1 unspecified atom stereocenters. The van der Waals surface area contributed by atoms with Crippen LogP contribution in [0, 0.1) is 5.82 Å². The van der Waals surface area contributed by atoms with Gasteiger partial charge in [-0.2, -0.15) is 0 Å². The van der Waals surface area contributed by atoms with E-state index in [2.05, 4.69) is 43.1 Å². The fraction of sp³-hybridized carbons (Fsp3) is 0.450. The third-order valence-electron chi connectivity index (χ3n) is 4.65. The van der Waals surface area contributed by atoms with Gasteiger partial charge in [-0.1, -0.05) is 30.5 Å². The molecule has 2 aromatic rings. The third kappa shape index (κ3) is 3.86. The molecule has 134 valence electrons. The van der Waals surface area contributed by atoms with Crippen molar-refractivity contribution in [3.05, 3.63) is 52.9 Å². The van der Waals surface area contributed by atoms with Crippen LogP contribution in [-0.2, 0) is 5.54 Å². The van der Waals surface area contributed by atoms with E-state index in [4.69, 9.17) is 11.6 Å². The second kappa shape index (κ2) is 6.90. The van der Waals surface area contributed by atoms with Crippen molar-refractivity contribution in [2.45, 2.75) is 50.8 Å². The average Bonchev–Trinajstić information content (AvgIpc) is 2.52. The maximum absolute atomic E-state index is 13.2. The Morgan fingerprint density at radius 1 is 1.24 bits per heavy atom. The van der Waals surface area contributed by atoms with Gasteiger partial charge in [-0.15, -0.1) is 0 Å². The summed E-state index contributed by atoms with van der Waals surface area (Å²) in [5, 5.41) is 0.484. The predicted octanol–water partition coefficient (Wildman–Crippen LogP) is 6.30. The topological polar surface area (TPSA) is 16.1 Å². The maximum Gasteiger partial charge on any atom is 0.130 e. The van der Waals surface area contributed by atoms with E-state index < -0.39 is 0 Å². The summed E-state index contributed by atoms with van der Waals surface area (Å²) >= 11 is 8.25. The normalized spacial score (nSPS) is 21.2. The van der Waals surface area contributed by atoms with Gasteiger partial charge in [0.25, 0.3) is 0 Å². The highest BCUT2D eigenvalue weighted by molar-refractivity contribution is 7.98. The number of hydrogen-bond donors (Lipinski definition) is 0. The van der Waals surface area contributed by atoms with Crippen molar-refractivity contribution >= 4 is 23.5 Å². The first kappa shape index (κ1) is 18.7. The first-order valence-electron chi connectivity index (χ1n) is 8.64. The smallest absolute Gasteiger partial charge is 0.130 e. The van der Waals surface area contributed by atoms with E-state index in [-0.39, 0.29) is 16.1 Å². The highest BCUT2D eigenvalue weighted by Gasteiger charge is 2.47. The molecule has 0 bridgehead atoms. The van der Waals surface area contributed by atoms with Crippen molar-refractivity contribution in [2.24, 2.45) is 0 Å². The molecule has 0 saturated carbocycles. The lowest BCUT2D eigenvalue weighted by Crippen LogP contribution is -2.54. The van der Waals surface area contributed by atoms with E-state index >= 15 is 0 Å². The van der Waals surface area contributed by atoms with Crippen LogP contribution in [0.25, 0.3) is 11.3 Å². The van der Waals surface area contributed by atoms with Gasteiger partial charge in [-0.3, -0.25) is 0 Å². The van der Waals surface area contributed by atoms with Crippen molar-refractivity contribution in [2.75, 3.05) is 6.54 Å². The largest absolute Gasteiger partial charge is 0.239 e. The minimum absolute atomic E-state index is 0.0146. The van der Waals surface area contributed by atoms with Crippen LogP contribution in [0.3, 0.4) is 0 Å². The van der Waals surface area contributed by atoms with Crippen molar-refractivity contribution in [1.29, 1.82) is 0 Å². The molecule has 1 saturated heterocycles. The number of benzene rings is 1. The van der Waals surface area contributed by atoms with Crippen molar-refractivity contribution in [1.82, 2.24) is 9.29 Å². The molecule has 1 atom stereocenters. The second-order valence-electron chi connectivity index (χ2n) is 7.51. The van der Waals surface area contributed by atoms with Crippen LogP contribution in [0.1, 0.15) is 46.1 Å². The van der Waals surface area contributed by atoms with Crippen LogP contribution in [0.15, 0.2) is 36.4 Å². The van der Waals surface area contributed by atoms with Crippen LogP contribution < -0.4 is 0 Å². The Labute approximate surface area is 158 Å². The lowest BCUT2D eigenvalue weighted by molar-refractivity contribution is 0.0754. The van der Waals surface area contributed by atoms with E-state index in [1.54, 1.807) is 12.1 Å². The molecule has 2 heterocycles. The van der Waals surface area contributed by atoms with Gasteiger partial charge < -0.3 is 0 Å². The molecule has 3 rings (SSSR count). The number of nitrogens with zero attached hydrogens (tertiary/aromatic N) is 2. The SMILES string of the molecule is CCC1(c2cc(Cl)nc(-c3ccc(F)cc3)c2)CCN1SC(C)(C)C. The molecule has 1 aliphatic rings. The Hall–Kier alpha value is -1.10. The summed E-state index contributed by atoms with van der Waals surface area (Å²) < 4.78 is 15.9. The van der Waals surface area contributed by atoms with E-state index in [9.17, 15) is 4.39 Å². The standard InChI is InChI=1S/C20H24ClFN2S/c1-5-20(10-11-24(20)25-19(2,3)4)15-12-17(23-18(21)13-15)14-6-8-16(22)9-7-14/h6-9,12-13H,5,10-11H2,1-4H3. The molecule has 1 aromatic heterocycles. The monoisotopic (exact) mass is 378 g/mol. The molecule has 25 heavy (non-hydrogen) atoms. The van der Waals surface area contributed by atoms with Gasteiger partial charge in [-0.05, 0) is 75.6 Å². The second-order valence-corrected chi connectivity index (χ2v) is 9.75. The number of pyridine rings is 1. The summed E-state index contributed by atoms with van der Waals surface area (Å²) in [5.74, 6) is -0.247. The number of aromatic nitrogens is 1. The summed E-state index contributed by atoms with van der Waals surface area (Å²) in [6.07, 6.45) is 2.12. The van der Waals surface area contributed by atoms with E-state index in [1.807, 2.05) is 18.0 Å². The molecule has 2 nitrogen and oxygen atoms in total. The van der Waals surface area contributed by atoms with Gasteiger partial charge in [0.15, 0.2) is 0 Å². The average molecular weight is 379 g/mol. The number of halogens is 2. The van der Waals surface area contributed by atoms with Crippen LogP contribution >= 0.6 is 23.5 Å². The molecule has 1 aliphatic heterocycles. The van der Waals surface area contributed by atoms with Gasteiger partial charge in [0.1, 0.15) is 11.0 Å². The van der Waals surface area contributed by atoms with Crippen LogP contribution in [-0.4, -0.2) is 20.6 Å². The Morgan fingerprint density at radius 2 is 1.92 bits per heavy atom. The minimum Gasteiger partial charge on any atom is -0.239 e. The van der Waals surface area contributed by atoms with Gasteiger partial charge >= 0.3 is 0 Å². The van der Waals surface area contributed by atoms with E-state index in [0.717, 1.165) is 30.6 Å². The highest BCUT2D eigenvalue weighted by atomic mass is 35.5. The summed E-state index contributed by atoms with van der Waals surface area (Å²) in [6, 6.07) is 10.5. The van der Waals surface area contributed by atoms with Crippen LogP contribution in [0.2, 0.25) is 5.15 Å². The van der Waals surface area contributed by atoms with Gasteiger partial charge in [0.05, 0.1) is 11.2 Å². The molecular formula is C20H24ClFN2S. The Kier molecular flexibility index (Phi) is 5.16. The molecule has 1 aromatic carbocycles. The molecule has 5 heteroatoms. The summed E-state index contributed by atoms with van der Waals surface area (Å²) in [4.78, 5) is 4.46. The van der Waals surface area contributed by atoms with Gasteiger partial charge in [-0.25, -0.2) is 13.7 Å². The Balaban J connectivity index is 2.00. The molecule has 0 spiro atoms. The predicted molar refractivity (Wildman–Crippen MR) is 105 cm³/mol. The Morgan fingerprint density at radius 3 is 2.44 bits per heavy atom. The van der Waals surface area contributed by atoms with Gasteiger partial charge in [0.2, 0.25) is 0 Å². The lowest BCUT2D eigenvalue weighted by Gasteiger charge is -2.54. The summed E-state index contributed by atoms with van der Waals surface area (Å²) in [7, 11) is 0. The minimum atomic E-state index is -0.247. The van der Waals surface area contributed by atoms with Gasteiger partial charge in [0, 0.05) is 16.9 Å². The summed E-state index contributed by atoms with van der Waals surface area (Å²) in [5.41, 5.74) is 2.85. The maximum atomic E-state index is 13.2. The molecule has 0 aliphatic carbocycles. The van der Waals surface area contributed by atoms with E-state index in [0.29, 0.717) is 5.15 Å². The lowest BCUT2D eigenvalue weighted by atomic mass is 9.78. The molecule has 0 N–H and O–H groups in total. The van der Waals surface area contributed by atoms with Crippen molar-refractivity contribution < 1.29 is 4.39 Å². The molecule has 1 fully saturated rings. The zero-order chi connectivity index (χ0) is 18.2. The first-order valence-corrected chi connectivity index (χ1v) is 9.79. The number of rotatable bonds is 4.